The molecule has 1 amide bonds. The van der Waals surface area contributed by atoms with Gasteiger partial charge in [-0.15, -0.1) is 0 Å². The molecule has 1 N–H and O–H groups in total. The summed E-state index contributed by atoms with van der Waals surface area (Å²) in [5.41, 5.74) is 4.94. The molecule has 29 heavy (non-hydrogen) atoms. The van der Waals surface area contributed by atoms with Gasteiger partial charge in [-0.2, -0.15) is 0 Å². The van der Waals surface area contributed by atoms with Crippen LogP contribution in [0.4, 0.5) is 5.69 Å². The number of halogens is 1. The van der Waals surface area contributed by atoms with Crippen molar-refractivity contribution in [2.24, 2.45) is 10.9 Å². The highest BCUT2D eigenvalue weighted by atomic mass is 35.5. The minimum atomic E-state index is -0.545. The average Bonchev–Trinajstić information content (AvgIpc) is 2.69. The Morgan fingerprint density at radius 3 is 2.52 bits per heavy atom. The second kappa shape index (κ2) is 7.96. The summed E-state index contributed by atoms with van der Waals surface area (Å²) in [4.78, 5) is 31.0. The summed E-state index contributed by atoms with van der Waals surface area (Å²) in [5, 5.41) is 3.68. The Bertz CT molecular complexity index is 1040. The summed E-state index contributed by atoms with van der Waals surface area (Å²) in [6, 6.07) is 15.1. The molecule has 0 aromatic heterocycles. The van der Waals surface area contributed by atoms with Crippen LogP contribution in [0.3, 0.4) is 0 Å². The van der Waals surface area contributed by atoms with E-state index in [4.69, 9.17) is 16.6 Å². The Morgan fingerprint density at radius 1 is 1.07 bits per heavy atom. The number of anilines is 1. The van der Waals surface area contributed by atoms with Crippen molar-refractivity contribution in [3.05, 3.63) is 76.0 Å². The molecule has 4 rings (SSSR count). The molecule has 2 atom stereocenters. The molecule has 2 aromatic rings. The van der Waals surface area contributed by atoms with Crippen LogP contribution in [-0.4, -0.2) is 17.4 Å². The number of nitrogens with one attached hydrogen (secondary N) is 1. The van der Waals surface area contributed by atoms with Crippen molar-refractivity contribution in [1.29, 1.82) is 0 Å². The predicted molar refractivity (Wildman–Crippen MR) is 116 cm³/mol. The lowest BCUT2D eigenvalue weighted by Crippen LogP contribution is -2.39. The normalized spacial score (nSPS) is 21.5. The third-order valence-corrected chi connectivity index (χ3v) is 6.00. The summed E-state index contributed by atoms with van der Waals surface area (Å²) in [5.74, 6) is -0.949. The van der Waals surface area contributed by atoms with Gasteiger partial charge in [0.2, 0.25) is 5.91 Å². The van der Waals surface area contributed by atoms with Gasteiger partial charge in [-0.25, -0.2) is 0 Å². The first kappa shape index (κ1) is 19.6. The average molecular weight is 407 g/mol. The van der Waals surface area contributed by atoms with Crippen LogP contribution < -0.4 is 5.32 Å². The monoisotopic (exact) mass is 406 g/mol. The maximum atomic E-state index is 13.4. The third-order valence-electron chi connectivity index (χ3n) is 5.75. The lowest BCUT2D eigenvalue weighted by Gasteiger charge is -2.35. The summed E-state index contributed by atoms with van der Waals surface area (Å²) in [6.07, 6.45) is 2.08. The number of allylic oxidation sites excluding steroid dienone is 2. The van der Waals surface area contributed by atoms with Gasteiger partial charge in [-0.1, -0.05) is 41.9 Å². The molecule has 0 spiro atoms. The van der Waals surface area contributed by atoms with E-state index >= 15 is 0 Å². The number of rotatable bonds is 3. The van der Waals surface area contributed by atoms with Crippen molar-refractivity contribution in [3.8, 4) is 0 Å². The van der Waals surface area contributed by atoms with Crippen LogP contribution in [0.15, 0.2) is 64.8 Å². The van der Waals surface area contributed by atoms with Crippen molar-refractivity contribution in [1.82, 2.24) is 0 Å². The number of nitrogens with zero attached hydrogens (tertiary/aromatic N) is 1. The molecule has 148 valence electrons. The van der Waals surface area contributed by atoms with Gasteiger partial charge in [0.25, 0.3) is 0 Å². The Morgan fingerprint density at radius 2 is 1.79 bits per heavy atom. The van der Waals surface area contributed by atoms with E-state index in [0.29, 0.717) is 17.0 Å². The molecule has 4 nitrogen and oxygen atoms in total. The number of ketones is 1. The number of Topliss-reactive ketones (excluding diaryl/α,β-unsaturated/α-hetero) is 1. The van der Waals surface area contributed by atoms with Crippen molar-refractivity contribution < 1.29 is 9.59 Å². The van der Waals surface area contributed by atoms with E-state index in [-0.39, 0.29) is 17.6 Å². The number of hydrogen-bond donors (Lipinski definition) is 1. The minimum absolute atomic E-state index is 0.0936. The van der Waals surface area contributed by atoms with E-state index in [1.165, 1.54) is 0 Å². The van der Waals surface area contributed by atoms with Crippen LogP contribution in [0.25, 0.3) is 0 Å². The number of hydrogen-bond acceptors (Lipinski definition) is 3. The first-order valence-electron chi connectivity index (χ1n) is 9.89. The minimum Gasteiger partial charge on any atom is -0.325 e. The van der Waals surface area contributed by atoms with Gasteiger partial charge in [0.15, 0.2) is 5.78 Å². The first-order valence-corrected chi connectivity index (χ1v) is 10.3. The van der Waals surface area contributed by atoms with Crippen LogP contribution in [-0.2, 0) is 9.59 Å². The Hall–Kier alpha value is -2.72. The van der Waals surface area contributed by atoms with Gasteiger partial charge >= 0.3 is 0 Å². The zero-order chi connectivity index (χ0) is 20.5. The highest BCUT2D eigenvalue weighted by molar-refractivity contribution is 6.30. The molecule has 1 aliphatic heterocycles. The van der Waals surface area contributed by atoms with Crippen molar-refractivity contribution in [3.63, 3.8) is 0 Å². The zero-order valence-corrected chi connectivity index (χ0v) is 17.3. The lowest BCUT2D eigenvalue weighted by atomic mass is 9.71. The second-order valence-corrected chi connectivity index (χ2v) is 8.14. The molecular formula is C24H23ClN2O2. The fraction of sp³-hybridized carbons (Fsp3) is 0.292. The van der Waals surface area contributed by atoms with E-state index in [9.17, 15) is 9.59 Å². The van der Waals surface area contributed by atoms with E-state index in [1.807, 2.05) is 62.4 Å². The van der Waals surface area contributed by atoms with Gasteiger partial charge in [0.1, 0.15) is 0 Å². The van der Waals surface area contributed by atoms with Gasteiger partial charge < -0.3 is 5.32 Å². The SMILES string of the molecule is CC1=NC2=C(C(=O)CCC2)[C@@H](c2ccc(Cl)cc2)C1C(=O)Nc1ccccc1C. The summed E-state index contributed by atoms with van der Waals surface area (Å²) >= 11 is 6.09. The molecule has 2 aliphatic rings. The molecule has 5 heteroatoms. The number of para-hydroxylation sites is 1. The van der Waals surface area contributed by atoms with Crippen LogP contribution in [0.1, 0.15) is 43.2 Å². The topological polar surface area (TPSA) is 58.5 Å². The van der Waals surface area contributed by atoms with Gasteiger partial charge in [-0.05, 0) is 56.0 Å². The molecule has 1 aliphatic carbocycles. The van der Waals surface area contributed by atoms with E-state index < -0.39 is 5.92 Å². The van der Waals surface area contributed by atoms with Crippen LogP contribution >= 0.6 is 11.6 Å². The number of benzene rings is 2. The molecule has 0 fully saturated rings. The largest absolute Gasteiger partial charge is 0.325 e. The molecule has 1 heterocycles. The maximum Gasteiger partial charge on any atom is 0.234 e. The highest BCUT2D eigenvalue weighted by Gasteiger charge is 2.42. The quantitative estimate of drug-likeness (QED) is 0.734. The zero-order valence-electron chi connectivity index (χ0n) is 16.5. The molecule has 1 unspecified atom stereocenters. The van der Waals surface area contributed by atoms with E-state index in [0.717, 1.165) is 41.1 Å². The number of carbonyl (C=O) groups excluding carboxylic acids is 2. The molecule has 0 radical (unpaired) electrons. The smallest absolute Gasteiger partial charge is 0.234 e. The molecule has 0 saturated heterocycles. The predicted octanol–water partition coefficient (Wildman–Crippen LogP) is 5.47. The molecular weight excluding hydrogens is 384 g/mol. The molecule has 2 aromatic carbocycles. The number of aryl methyl sites for hydroxylation is 1. The Balaban J connectivity index is 1.78. The fourth-order valence-electron chi connectivity index (χ4n) is 4.30. The molecule has 0 bridgehead atoms. The van der Waals surface area contributed by atoms with Crippen molar-refractivity contribution in [2.75, 3.05) is 5.32 Å². The van der Waals surface area contributed by atoms with Gasteiger partial charge in [0.05, 0.1) is 5.92 Å². The number of carbonyl (C=O) groups is 2. The lowest BCUT2D eigenvalue weighted by molar-refractivity contribution is -0.119. The fourth-order valence-corrected chi connectivity index (χ4v) is 4.43. The van der Waals surface area contributed by atoms with Crippen LogP contribution in [0.2, 0.25) is 5.02 Å². The third kappa shape index (κ3) is 3.77. The van der Waals surface area contributed by atoms with E-state index in [2.05, 4.69) is 5.32 Å². The Labute approximate surface area is 175 Å². The Kier molecular flexibility index (Phi) is 5.37. The van der Waals surface area contributed by atoms with Crippen molar-refractivity contribution in [2.45, 2.75) is 39.0 Å². The number of amides is 1. The van der Waals surface area contributed by atoms with E-state index in [1.54, 1.807) is 0 Å². The maximum absolute atomic E-state index is 13.4. The standard InChI is InChI=1S/C24H23ClN2O2/c1-14-6-3-4-7-18(14)27-24(29)21-15(2)26-19-8-5-9-20(28)23(19)22(21)16-10-12-17(25)13-11-16/h3-4,6-7,10-13,21-22H,5,8-9H2,1-2H3,(H,27,29)/t21?,22-/m0/s1. The molecule has 0 saturated carbocycles. The summed E-state index contributed by atoms with van der Waals surface area (Å²) in [7, 11) is 0. The van der Waals surface area contributed by atoms with Crippen LogP contribution in [0.5, 0.6) is 0 Å². The van der Waals surface area contributed by atoms with Gasteiger partial charge in [-0.3, -0.25) is 14.6 Å². The highest BCUT2D eigenvalue weighted by Crippen LogP contribution is 2.43. The second-order valence-electron chi connectivity index (χ2n) is 7.70. The van der Waals surface area contributed by atoms with Crippen molar-refractivity contribution >= 4 is 34.7 Å². The van der Waals surface area contributed by atoms with Crippen LogP contribution in [0, 0.1) is 12.8 Å². The first-order chi connectivity index (χ1) is 14.0. The number of aliphatic imine (C=N–C) groups is 1. The summed E-state index contributed by atoms with van der Waals surface area (Å²) < 4.78 is 0. The summed E-state index contributed by atoms with van der Waals surface area (Å²) in [6.45, 7) is 3.84. The van der Waals surface area contributed by atoms with Gasteiger partial charge in [0, 0.05) is 40.0 Å².